The molecule has 166 valence electrons. The van der Waals surface area contributed by atoms with Crippen molar-refractivity contribution in [2.24, 2.45) is 0 Å². The Hall–Kier alpha value is -3.68. The fraction of sp³-hybridized carbons (Fsp3) is 0.160. The molecule has 1 N–H and O–H groups in total. The first-order chi connectivity index (χ1) is 16.1. The molecule has 1 aliphatic rings. The molecule has 2 heterocycles. The van der Waals surface area contributed by atoms with Crippen LogP contribution < -0.4 is 15.8 Å². The van der Waals surface area contributed by atoms with Crippen LogP contribution in [0.15, 0.2) is 77.6 Å². The molecule has 1 amide bonds. The Morgan fingerprint density at radius 1 is 0.939 bits per heavy atom. The van der Waals surface area contributed by atoms with Crippen molar-refractivity contribution < 1.29 is 9.53 Å². The van der Waals surface area contributed by atoms with Crippen molar-refractivity contribution in [3.05, 3.63) is 93.9 Å². The maximum atomic E-state index is 13.5. The van der Waals surface area contributed by atoms with Crippen molar-refractivity contribution in [2.75, 3.05) is 36.5 Å². The smallest absolute Gasteiger partial charge is 0.279 e. The number of fused-ring (bicyclic) bond motifs is 1. The van der Waals surface area contributed by atoms with Gasteiger partial charge in [-0.2, -0.15) is 9.78 Å². The van der Waals surface area contributed by atoms with Gasteiger partial charge < -0.3 is 15.0 Å². The molecule has 33 heavy (non-hydrogen) atoms. The van der Waals surface area contributed by atoms with E-state index < -0.39 is 5.91 Å². The van der Waals surface area contributed by atoms with Gasteiger partial charge in [-0.1, -0.05) is 48.0 Å². The lowest BCUT2D eigenvalue weighted by atomic mass is 10.1. The monoisotopic (exact) mass is 460 g/mol. The average Bonchev–Trinajstić information content (AvgIpc) is 2.85. The Morgan fingerprint density at radius 2 is 1.64 bits per heavy atom. The standard InChI is InChI=1S/C25H21ClN4O3/c26-17-10-11-22(29-12-14-33-15-13-29)21(16-17)27-24(31)23-19-8-4-5-9-20(19)25(32)30(28-23)18-6-2-1-3-7-18/h1-11,16H,12-15H2,(H,27,31). The van der Waals surface area contributed by atoms with Gasteiger partial charge in [0.2, 0.25) is 0 Å². The molecule has 1 aliphatic heterocycles. The number of nitrogens with zero attached hydrogens (tertiary/aromatic N) is 3. The number of para-hydroxylation sites is 1. The van der Waals surface area contributed by atoms with E-state index in [1.807, 2.05) is 24.3 Å². The van der Waals surface area contributed by atoms with Gasteiger partial charge in [0.25, 0.3) is 11.5 Å². The number of carbonyl (C=O) groups excluding carboxylic acids is 1. The molecule has 1 saturated heterocycles. The SMILES string of the molecule is O=C(Nc1cc(Cl)ccc1N1CCOCC1)c1nn(-c2ccccc2)c(=O)c2ccccc12. The van der Waals surface area contributed by atoms with E-state index in [9.17, 15) is 9.59 Å². The predicted octanol–water partition coefficient (Wildman–Crippen LogP) is 4.13. The highest BCUT2D eigenvalue weighted by atomic mass is 35.5. The first-order valence-corrected chi connectivity index (χ1v) is 11.0. The van der Waals surface area contributed by atoms with Gasteiger partial charge in [-0.25, -0.2) is 0 Å². The molecule has 0 atom stereocenters. The number of morpholine rings is 1. The third-order valence-corrected chi connectivity index (χ3v) is 5.81. The molecule has 1 fully saturated rings. The molecule has 1 aromatic heterocycles. The Morgan fingerprint density at radius 3 is 2.39 bits per heavy atom. The summed E-state index contributed by atoms with van der Waals surface area (Å²) in [6.45, 7) is 2.66. The van der Waals surface area contributed by atoms with Gasteiger partial charge in [0.05, 0.1) is 35.7 Å². The van der Waals surface area contributed by atoms with E-state index in [1.54, 1.807) is 48.5 Å². The number of amides is 1. The quantitative estimate of drug-likeness (QED) is 0.495. The molecule has 0 unspecified atom stereocenters. The summed E-state index contributed by atoms with van der Waals surface area (Å²) in [5, 5.41) is 8.84. The van der Waals surface area contributed by atoms with Crippen LogP contribution in [0.4, 0.5) is 11.4 Å². The van der Waals surface area contributed by atoms with Gasteiger partial charge in [0.1, 0.15) is 0 Å². The van der Waals surface area contributed by atoms with Crippen molar-refractivity contribution in [1.82, 2.24) is 9.78 Å². The minimum Gasteiger partial charge on any atom is -0.378 e. The Kier molecular flexibility index (Phi) is 5.81. The number of hydrogen-bond acceptors (Lipinski definition) is 5. The van der Waals surface area contributed by atoms with E-state index >= 15 is 0 Å². The summed E-state index contributed by atoms with van der Waals surface area (Å²) >= 11 is 6.25. The second-order valence-corrected chi connectivity index (χ2v) is 8.10. The van der Waals surface area contributed by atoms with Crippen LogP contribution in [-0.2, 0) is 4.74 Å². The summed E-state index contributed by atoms with van der Waals surface area (Å²) in [6, 6.07) is 21.4. The highest BCUT2D eigenvalue weighted by Crippen LogP contribution is 2.30. The lowest BCUT2D eigenvalue weighted by molar-refractivity contribution is 0.102. The molecular weight excluding hydrogens is 440 g/mol. The van der Waals surface area contributed by atoms with E-state index in [-0.39, 0.29) is 11.3 Å². The van der Waals surface area contributed by atoms with Gasteiger partial charge in [-0.05, 0) is 36.4 Å². The van der Waals surface area contributed by atoms with E-state index in [4.69, 9.17) is 16.3 Å². The zero-order valence-electron chi connectivity index (χ0n) is 17.7. The van der Waals surface area contributed by atoms with Crippen LogP contribution in [0.2, 0.25) is 5.02 Å². The van der Waals surface area contributed by atoms with Crippen molar-refractivity contribution in [3.63, 3.8) is 0 Å². The molecule has 4 aromatic rings. The number of hydrogen-bond donors (Lipinski definition) is 1. The zero-order chi connectivity index (χ0) is 22.8. The van der Waals surface area contributed by atoms with Gasteiger partial charge in [-0.15, -0.1) is 0 Å². The van der Waals surface area contributed by atoms with Crippen molar-refractivity contribution >= 4 is 39.7 Å². The molecule has 0 bridgehead atoms. The Balaban J connectivity index is 1.59. The average molecular weight is 461 g/mol. The van der Waals surface area contributed by atoms with Crippen LogP contribution in [0, 0.1) is 0 Å². The van der Waals surface area contributed by atoms with Crippen LogP contribution in [0.5, 0.6) is 0 Å². The minimum atomic E-state index is -0.423. The van der Waals surface area contributed by atoms with Crippen molar-refractivity contribution in [1.29, 1.82) is 0 Å². The Bertz CT molecular complexity index is 1380. The molecule has 0 aliphatic carbocycles. The lowest BCUT2D eigenvalue weighted by Gasteiger charge is -2.30. The minimum absolute atomic E-state index is 0.155. The van der Waals surface area contributed by atoms with Crippen molar-refractivity contribution in [3.8, 4) is 5.69 Å². The number of carbonyl (C=O) groups is 1. The first kappa shape index (κ1) is 21.2. The summed E-state index contributed by atoms with van der Waals surface area (Å²) < 4.78 is 6.71. The first-order valence-electron chi connectivity index (χ1n) is 10.6. The molecule has 0 radical (unpaired) electrons. The molecule has 0 saturated carbocycles. The fourth-order valence-corrected chi connectivity index (χ4v) is 4.14. The van der Waals surface area contributed by atoms with E-state index in [0.717, 1.165) is 5.69 Å². The maximum Gasteiger partial charge on any atom is 0.279 e. The topological polar surface area (TPSA) is 76.5 Å². The van der Waals surface area contributed by atoms with Crippen LogP contribution in [0.1, 0.15) is 10.5 Å². The van der Waals surface area contributed by atoms with Gasteiger partial charge in [0.15, 0.2) is 5.69 Å². The van der Waals surface area contributed by atoms with E-state index in [2.05, 4.69) is 15.3 Å². The third-order valence-electron chi connectivity index (χ3n) is 5.58. The van der Waals surface area contributed by atoms with Gasteiger partial charge in [-0.3, -0.25) is 9.59 Å². The predicted molar refractivity (Wildman–Crippen MR) is 130 cm³/mol. The molecule has 0 spiro atoms. The molecule has 8 heteroatoms. The summed E-state index contributed by atoms with van der Waals surface area (Å²) in [4.78, 5) is 28.7. The summed E-state index contributed by atoms with van der Waals surface area (Å²) in [5.74, 6) is -0.423. The molecule has 3 aromatic carbocycles. The zero-order valence-corrected chi connectivity index (χ0v) is 18.5. The van der Waals surface area contributed by atoms with Crippen LogP contribution in [-0.4, -0.2) is 42.0 Å². The third kappa shape index (κ3) is 4.20. The largest absolute Gasteiger partial charge is 0.378 e. The Labute approximate surface area is 195 Å². The number of benzene rings is 3. The normalized spacial score (nSPS) is 13.8. The van der Waals surface area contributed by atoms with Crippen LogP contribution in [0.3, 0.4) is 0 Å². The second-order valence-electron chi connectivity index (χ2n) is 7.66. The lowest BCUT2D eigenvalue weighted by Crippen LogP contribution is -2.36. The number of rotatable bonds is 4. The summed E-state index contributed by atoms with van der Waals surface area (Å²) in [7, 11) is 0. The van der Waals surface area contributed by atoms with Crippen molar-refractivity contribution in [2.45, 2.75) is 0 Å². The number of aromatic nitrogens is 2. The number of anilines is 2. The van der Waals surface area contributed by atoms with E-state index in [0.29, 0.717) is 53.5 Å². The summed E-state index contributed by atoms with van der Waals surface area (Å²) in [6.07, 6.45) is 0. The fourth-order valence-electron chi connectivity index (χ4n) is 3.97. The van der Waals surface area contributed by atoms with E-state index in [1.165, 1.54) is 4.68 Å². The van der Waals surface area contributed by atoms with Gasteiger partial charge >= 0.3 is 0 Å². The molecule has 7 nitrogen and oxygen atoms in total. The van der Waals surface area contributed by atoms with Crippen LogP contribution >= 0.6 is 11.6 Å². The highest BCUT2D eigenvalue weighted by molar-refractivity contribution is 6.31. The highest BCUT2D eigenvalue weighted by Gasteiger charge is 2.21. The van der Waals surface area contributed by atoms with Crippen LogP contribution in [0.25, 0.3) is 16.5 Å². The second kappa shape index (κ2) is 9.05. The maximum absolute atomic E-state index is 13.5. The number of nitrogens with one attached hydrogen (secondary N) is 1. The number of ether oxygens (including phenoxy) is 1. The molecule has 5 rings (SSSR count). The van der Waals surface area contributed by atoms with Gasteiger partial charge in [0, 0.05) is 23.5 Å². The molecular formula is C25H21ClN4O3. The number of halogens is 1. The summed E-state index contributed by atoms with van der Waals surface area (Å²) in [5.41, 5.74) is 1.89.